The maximum absolute atomic E-state index is 13.1. The van der Waals surface area contributed by atoms with Gasteiger partial charge in [0.1, 0.15) is 23.0 Å². The number of halogens is 6. The van der Waals surface area contributed by atoms with Gasteiger partial charge in [-0.25, -0.2) is 15.0 Å². The van der Waals surface area contributed by atoms with Crippen LogP contribution >= 0.6 is 0 Å². The molecule has 3 N–H and O–H groups in total. The monoisotopic (exact) mass is 472 g/mol. The van der Waals surface area contributed by atoms with Crippen LogP contribution in [0.3, 0.4) is 0 Å². The van der Waals surface area contributed by atoms with Crippen LogP contribution in [0.15, 0.2) is 42.7 Å². The van der Waals surface area contributed by atoms with Gasteiger partial charge >= 0.3 is 12.4 Å². The molecule has 0 atom stereocenters. The zero-order valence-corrected chi connectivity index (χ0v) is 17.3. The van der Waals surface area contributed by atoms with Gasteiger partial charge in [0.25, 0.3) is 0 Å². The number of alkyl halides is 6. The molecule has 0 amide bonds. The minimum absolute atomic E-state index is 0.0179. The Morgan fingerprint density at radius 1 is 0.879 bits per heavy atom. The fourth-order valence-corrected chi connectivity index (χ4v) is 2.55. The third-order valence-electron chi connectivity index (χ3n) is 4.03. The van der Waals surface area contributed by atoms with Crippen molar-refractivity contribution in [2.45, 2.75) is 31.8 Å². The summed E-state index contributed by atoms with van der Waals surface area (Å²) in [6, 6.07) is 5.31. The zero-order chi connectivity index (χ0) is 24.4. The van der Waals surface area contributed by atoms with Gasteiger partial charge in [-0.1, -0.05) is 6.07 Å². The summed E-state index contributed by atoms with van der Waals surface area (Å²) in [5.41, 5.74) is -3.57. The largest absolute Gasteiger partial charge is 0.433 e. The van der Waals surface area contributed by atoms with Gasteiger partial charge in [-0.05, 0) is 32.0 Å². The van der Waals surface area contributed by atoms with E-state index in [0.29, 0.717) is 6.20 Å². The number of hydrogen-bond donors (Lipinski definition) is 3. The van der Waals surface area contributed by atoms with Crippen LogP contribution in [0.5, 0.6) is 0 Å². The molecule has 0 spiro atoms. The van der Waals surface area contributed by atoms with Crippen LogP contribution in [0.25, 0.3) is 11.5 Å². The number of anilines is 3. The SMILES string of the molecule is CC(C)(O)CNc1cc(Nc2cncc(C(F)(F)F)c2)nc(-c2cccc(C(F)(F)F)n2)n1. The van der Waals surface area contributed by atoms with E-state index in [2.05, 4.69) is 30.6 Å². The second kappa shape index (κ2) is 8.81. The van der Waals surface area contributed by atoms with Crippen LogP contribution in [-0.4, -0.2) is 37.2 Å². The van der Waals surface area contributed by atoms with Crippen molar-refractivity contribution in [1.29, 1.82) is 0 Å². The lowest BCUT2D eigenvalue weighted by atomic mass is 10.1. The molecule has 3 heterocycles. The number of nitrogens with zero attached hydrogens (tertiary/aromatic N) is 4. The number of nitrogens with one attached hydrogen (secondary N) is 2. The van der Waals surface area contributed by atoms with E-state index in [0.717, 1.165) is 24.4 Å². The van der Waals surface area contributed by atoms with Crippen molar-refractivity contribution in [1.82, 2.24) is 19.9 Å². The third-order valence-corrected chi connectivity index (χ3v) is 4.03. The zero-order valence-electron chi connectivity index (χ0n) is 17.3. The average Bonchev–Trinajstić information content (AvgIpc) is 2.71. The van der Waals surface area contributed by atoms with Crippen molar-refractivity contribution >= 4 is 17.3 Å². The quantitative estimate of drug-likeness (QED) is 0.440. The fraction of sp³-hybridized carbons (Fsp3) is 0.300. The summed E-state index contributed by atoms with van der Waals surface area (Å²) in [6.45, 7) is 3.05. The fourth-order valence-electron chi connectivity index (χ4n) is 2.55. The molecule has 0 unspecified atom stereocenters. The van der Waals surface area contributed by atoms with Gasteiger partial charge in [-0.2, -0.15) is 26.3 Å². The minimum Gasteiger partial charge on any atom is -0.389 e. The van der Waals surface area contributed by atoms with Gasteiger partial charge in [-0.15, -0.1) is 0 Å². The predicted molar refractivity (Wildman–Crippen MR) is 108 cm³/mol. The smallest absolute Gasteiger partial charge is 0.389 e. The molecule has 176 valence electrons. The Hall–Kier alpha value is -3.48. The predicted octanol–water partition coefficient (Wildman–Crippen LogP) is 4.90. The van der Waals surface area contributed by atoms with Gasteiger partial charge in [0.2, 0.25) is 0 Å². The lowest BCUT2D eigenvalue weighted by molar-refractivity contribution is -0.141. The molecule has 13 heteroatoms. The number of hydrogen-bond acceptors (Lipinski definition) is 7. The number of rotatable bonds is 6. The summed E-state index contributed by atoms with van der Waals surface area (Å²) in [5.74, 6) is -0.147. The molecule has 33 heavy (non-hydrogen) atoms. The van der Waals surface area contributed by atoms with E-state index in [1.165, 1.54) is 26.0 Å². The van der Waals surface area contributed by atoms with Gasteiger partial charge in [-0.3, -0.25) is 4.98 Å². The first-order valence-electron chi connectivity index (χ1n) is 9.40. The Labute approximate surface area is 184 Å². The van der Waals surface area contributed by atoms with E-state index in [1.807, 2.05) is 0 Å². The Bertz CT molecular complexity index is 1130. The average molecular weight is 472 g/mol. The van der Waals surface area contributed by atoms with E-state index in [9.17, 15) is 31.4 Å². The highest BCUT2D eigenvalue weighted by atomic mass is 19.4. The number of aromatic nitrogens is 4. The van der Waals surface area contributed by atoms with Crippen LogP contribution in [0.2, 0.25) is 0 Å². The molecule has 0 aromatic carbocycles. The van der Waals surface area contributed by atoms with E-state index in [4.69, 9.17) is 0 Å². The van der Waals surface area contributed by atoms with Gasteiger partial charge in [0, 0.05) is 18.8 Å². The van der Waals surface area contributed by atoms with Gasteiger partial charge < -0.3 is 15.7 Å². The van der Waals surface area contributed by atoms with Crippen LogP contribution in [-0.2, 0) is 12.4 Å². The van der Waals surface area contributed by atoms with Crippen molar-refractivity contribution in [3.8, 4) is 11.5 Å². The molecule has 0 saturated carbocycles. The van der Waals surface area contributed by atoms with Crippen molar-refractivity contribution in [2.75, 3.05) is 17.2 Å². The second-order valence-corrected chi connectivity index (χ2v) is 7.62. The maximum Gasteiger partial charge on any atom is 0.433 e. The highest BCUT2D eigenvalue weighted by Gasteiger charge is 2.33. The van der Waals surface area contributed by atoms with E-state index >= 15 is 0 Å². The topological polar surface area (TPSA) is 95.8 Å². The maximum atomic E-state index is 13.1. The molecular weight excluding hydrogens is 454 g/mol. The molecule has 0 saturated heterocycles. The Balaban J connectivity index is 2.02. The molecule has 3 aromatic rings. The van der Waals surface area contributed by atoms with Crippen molar-refractivity contribution in [3.63, 3.8) is 0 Å². The first-order chi connectivity index (χ1) is 15.2. The summed E-state index contributed by atoms with van der Waals surface area (Å²) in [5, 5.41) is 15.4. The molecule has 0 fully saturated rings. The summed E-state index contributed by atoms with van der Waals surface area (Å²) in [7, 11) is 0. The van der Waals surface area contributed by atoms with E-state index < -0.39 is 29.2 Å². The van der Waals surface area contributed by atoms with E-state index in [-0.39, 0.29) is 35.4 Å². The second-order valence-electron chi connectivity index (χ2n) is 7.62. The van der Waals surface area contributed by atoms with Crippen LogP contribution in [0.1, 0.15) is 25.1 Å². The molecule has 7 nitrogen and oxygen atoms in total. The molecule has 0 bridgehead atoms. The van der Waals surface area contributed by atoms with Crippen molar-refractivity contribution < 1.29 is 31.4 Å². The lowest BCUT2D eigenvalue weighted by Crippen LogP contribution is -2.29. The third kappa shape index (κ3) is 6.75. The van der Waals surface area contributed by atoms with Gasteiger partial charge in [0.15, 0.2) is 5.82 Å². The molecule has 3 aromatic heterocycles. The summed E-state index contributed by atoms with van der Waals surface area (Å²) in [6.07, 6.45) is -7.54. The van der Waals surface area contributed by atoms with Crippen LogP contribution in [0, 0.1) is 0 Å². The standard InChI is InChI=1S/C20H18F6N6O/c1-18(2,33)10-28-15-7-16(29-12-6-11(8-27-9-12)19(21,22)23)32-17(31-15)13-4-3-5-14(30-13)20(24,25)26/h3-9,33H,10H2,1-2H3,(H2,28,29,31,32). The van der Waals surface area contributed by atoms with Crippen LogP contribution < -0.4 is 10.6 Å². The van der Waals surface area contributed by atoms with E-state index in [1.54, 1.807) is 0 Å². The molecule has 0 radical (unpaired) electrons. The Morgan fingerprint density at radius 3 is 2.21 bits per heavy atom. The Kier molecular flexibility index (Phi) is 6.45. The van der Waals surface area contributed by atoms with Crippen molar-refractivity contribution in [3.05, 3.63) is 54.0 Å². The first kappa shape index (κ1) is 24.2. The van der Waals surface area contributed by atoms with Gasteiger partial charge in [0.05, 0.1) is 23.0 Å². The Morgan fingerprint density at radius 2 is 1.58 bits per heavy atom. The molecule has 0 aliphatic heterocycles. The summed E-state index contributed by atoms with van der Waals surface area (Å²) >= 11 is 0. The number of pyridine rings is 2. The molecule has 0 aliphatic rings. The normalized spacial score (nSPS) is 12.5. The lowest BCUT2D eigenvalue weighted by Gasteiger charge is -2.19. The molecule has 3 rings (SSSR count). The summed E-state index contributed by atoms with van der Waals surface area (Å²) < 4.78 is 78.1. The van der Waals surface area contributed by atoms with Crippen molar-refractivity contribution in [2.24, 2.45) is 0 Å². The minimum atomic E-state index is -4.70. The summed E-state index contributed by atoms with van der Waals surface area (Å²) in [4.78, 5) is 15.3. The highest BCUT2D eigenvalue weighted by Crippen LogP contribution is 2.32. The number of aliphatic hydroxyl groups is 1. The molecule has 0 aliphatic carbocycles. The highest BCUT2D eigenvalue weighted by molar-refractivity contribution is 5.63. The first-order valence-corrected chi connectivity index (χ1v) is 9.40. The van der Waals surface area contributed by atoms with Crippen LogP contribution in [0.4, 0.5) is 43.7 Å². The molecular formula is C20H18F6N6O.